The number of fused-ring (bicyclic) bond motifs is 1. The molecule has 1 nitrogen and oxygen atoms in total. The van der Waals surface area contributed by atoms with Crippen molar-refractivity contribution >= 4 is 23.2 Å². The lowest BCUT2D eigenvalue weighted by Gasteiger charge is -2.32. The summed E-state index contributed by atoms with van der Waals surface area (Å²) in [7, 11) is 0. The Kier molecular flexibility index (Phi) is 7.38. The fraction of sp³-hybridized carbons (Fsp3) is 0.500. The molecule has 122 valence electrons. The molecule has 1 atom stereocenters. The number of nitrogens with two attached hydrogens (primary N) is 1. The highest BCUT2D eigenvalue weighted by atomic mass is 35.5. The highest BCUT2D eigenvalue weighted by molar-refractivity contribution is 5.86. The Morgan fingerprint density at radius 3 is 2.32 bits per heavy atom. The van der Waals surface area contributed by atoms with Crippen molar-refractivity contribution in [3.8, 4) is 0 Å². The number of halogens is 1. The largest absolute Gasteiger partial charge is 0.325 e. The molecule has 2 aromatic carbocycles. The molecule has 2 heteroatoms. The van der Waals surface area contributed by atoms with E-state index in [1.807, 2.05) is 0 Å². The molecule has 0 saturated heterocycles. The smallest absolute Gasteiger partial charge is 0.0166 e. The minimum absolute atomic E-state index is 0. The van der Waals surface area contributed by atoms with Crippen LogP contribution in [0.4, 0.5) is 0 Å². The van der Waals surface area contributed by atoms with Crippen LogP contribution >= 0.6 is 12.4 Å². The molecule has 2 rings (SSSR count). The van der Waals surface area contributed by atoms with Crippen LogP contribution in [0.3, 0.4) is 0 Å². The molecule has 2 N–H and O–H groups in total. The molecular weight excluding hydrogens is 290 g/mol. The molecule has 0 aromatic heterocycles. The van der Waals surface area contributed by atoms with Gasteiger partial charge >= 0.3 is 0 Å². The van der Waals surface area contributed by atoms with E-state index in [2.05, 4.69) is 63.2 Å². The third-order valence-corrected chi connectivity index (χ3v) is 4.44. The van der Waals surface area contributed by atoms with Gasteiger partial charge in [-0.3, -0.25) is 0 Å². The van der Waals surface area contributed by atoms with Crippen LogP contribution in [0.1, 0.15) is 64.4 Å². The van der Waals surface area contributed by atoms with Crippen LogP contribution in [0.25, 0.3) is 10.8 Å². The fourth-order valence-electron chi connectivity index (χ4n) is 3.26. The van der Waals surface area contributed by atoms with Crippen molar-refractivity contribution in [3.05, 3.63) is 48.0 Å². The topological polar surface area (TPSA) is 26.0 Å². The van der Waals surface area contributed by atoms with Crippen LogP contribution in [0.5, 0.6) is 0 Å². The van der Waals surface area contributed by atoms with Gasteiger partial charge in [0.15, 0.2) is 0 Å². The molecule has 0 saturated carbocycles. The first-order valence-corrected chi connectivity index (χ1v) is 8.30. The molecule has 0 amide bonds. The molecular formula is C20H30ClN. The van der Waals surface area contributed by atoms with Crippen LogP contribution in [0, 0.1) is 0 Å². The number of hydrogen-bond acceptors (Lipinski definition) is 1. The van der Waals surface area contributed by atoms with Crippen LogP contribution in [-0.4, -0.2) is 5.54 Å². The normalized spacial score (nSPS) is 12.9. The molecule has 0 radical (unpaired) electrons. The summed E-state index contributed by atoms with van der Waals surface area (Å²) in [6, 6.07) is 15.3. The predicted molar refractivity (Wildman–Crippen MR) is 101 cm³/mol. The number of unbranched alkanes of at least 4 members (excludes halogenated alkanes) is 3. The third kappa shape index (κ3) is 4.72. The Morgan fingerprint density at radius 1 is 0.955 bits per heavy atom. The van der Waals surface area contributed by atoms with Gasteiger partial charge in [0.2, 0.25) is 0 Å². The first-order valence-electron chi connectivity index (χ1n) is 8.30. The van der Waals surface area contributed by atoms with Gasteiger partial charge in [-0.15, -0.1) is 12.4 Å². The SMILES string of the molecule is CCCCCCC(c1cccc2ccccc12)C(C)(C)N.Cl. The minimum Gasteiger partial charge on any atom is -0.325 e. The van der Waals surface area contributed by atoms with E-state index in [1.165, 1.54) is 48.4 Å². The number of benzene rings is 2. The van der Waals surface area contributed by atoms with Crippen molar-refractivity contribution in [1.29, 1.82) is 0 Å². The molecule has 0 heterocycles. The zero-order valence-corrected chi connectivity index (χ0v) is 15.0. The maximum absolute atomic E-state index is 6.52. The van der Waals surface area contributed by atoms with Crippen LogP contribution in [0.15, 0.2) is 42.5 Å². The van der Waals surface area contributed by atoms with Crippen molar-refractivity contribution in [2.45, 2.75) is 64.3 Å². The van der Waals surface area contributed by atoms with Gasteiger partial charge in [0.05, 0.1) is 0 Å². The van der Waals surface area contributed by atoms with E-state index >= 15 is 0 Å². The maximum Gasteiger partial charge on any atom is 0.0166 e. The van der Waals surface area contributed by atoms with Gasteiger partial charge in [0.1, 0.15) is 0 Å². The lowest BCUT2D eigenvalue weighted by molar-refractivity contribution is 0.379. The molecule has 22 heavy (non-hydrogen) atoms. The first kappa shape index (κ1) is 19.0. The first-order chi connectivity index (χ1) is 10.0. The summed E-state index contributed by atoms with van der Waals surface area (Å²) < 4.78 is 0. The summed E-state index contributed by atoms with van der Waals surface area (Å²) in [6.07, 6.45) is 6.37. The Labute approximate surface area is 141 Å². The van der Waals surface area contributed by atoms with Crippen molar-refractivity contribution in [3.63, 3.8) is 0 Å². The zero-order chi connectivity index (χ0) is 15.3. The monoisotopic (exact) mass is 319 g/mol. The van der Waals surface area contributed by atoms with Gasteiger partial charge in [-0.25, -0.2) is 0 Å². The summed E-state index contributed by atoms with van der Waals surface area (Å²) in [5, 5.41) is 2.68. The molecule has 1 unspecified atom stereocenters. The summed E-state index contributed by atoms with van der Waals surface area (Å²) in [6.45, 7) is 6.59. The van der Waals surface area contributed by atoms with Crippen molar-refractivity contribution in [2.24, 2.45) is 5.73 Å². The van der Waals surface area contributed by atoms with E-state index in [1.54, 1.807) is 0 Å². The minimum atomic E-state index is -0.184. The zero-order valence-electron chi connectivity index (χ0n) is 14.1. The van der Waals surface area contributed by atoms with Gasteiger partial charge in [-0.2, -0.15) is 0 Å². The molecule has 0 aliphatic heterocycles. The van der Waals surface area contributed by atoms with Gasteiger partial charge < -0.3 is 5.73 Å². The van der Waals surface area contributed by atoms with E-state index < -0.39 is 0 Å². The highest BCUT2D eigenvalue weighted by Gasteiger charge is 2.27. The van der Waals surface area contributed by atoms with E-state index in [-0.39, 0.29) is 17.9 Å². The number of hydrogen-bond donors (Lipinski definition) is 1. The molecule has 2 aromatic rings. The second-order valence-corrected chi connectivity index (χ2v) is 6.79. The average Bonchev–Trinajstić information content (AvgIpc) is 2.46. The van der Waals surface area contributed by atoms with E-state index in [4.69, 9.17) is 5.73 Å². The van der Waals surface area contributed by atoms with Crippen molar-refractivity contribution in [1.82, 2.24) is 0 Å². The summed E-state index contributed by atoms with van der Waals surface area (Å²) >= 11 is 0. The van der Waals surface area contributed by atoms with E-state index in [0.29, 0.717) is 5.92 Å². The Balaban J connectivity index is 0.00000242. The van der Waals surface area contributed by atoms with Crippen molar-refractivity contribution in [2.75, 3.05) is 0 Å². The summed E-state index contributed by atoms with van der Waals surface area (Å²) in [4.78, 5) is 0. The molecule has 0 aliphatic rings. The van der Waals surface area contributed by atoms with Gasteiger partial charge in [0, 0.05) is 11.5 Å². The maximum atomic E-state index is 6.52. The molecule has 0 fully saturated rings. The van der Waals surface area contributed by atoms with Gasteiger partial charge in [0.25, 0.3) is 0 Å². The third-order valence-electron chi connectivity index (χ3n) is 4.44. The van der Waals surface area contributed by atoms with E-state index in [9.17, 15) is 0 Å². The Bertz CT molecular complexity index is 566. The predicted octanol–water partition coefficient (Wildman–Crippen LogP) is 6.05. The fourth-order valence-corrected chi connectivity index (χ4v) is 3.26. The standard InChI is InChI=1S/C20H29N.ClH/c1-4-5-6-7-15-19(20(2,3)21)18-14-10-12-16-11-8-9-13-17(16)18;/h8-14,19H,4-7,15,21H2,1-3H3;1H. The van der Waals surface area contributed by atoms with E-state index in [0.717, 1.165) is 0 Å². The molecule has 0 spiro atoms. The lowest BCUT2D eigenvalue weighted by Crippen LogP contribution is -2.39. The quantitative estimate of drug-likeness (QED) is 0.617. The number of rotatable bonds is 7. The molecule has 0 aliphatic carbocycles. The van der Waals surface area contributed by atoms with Crippen LogP contribution < -0.4 is 5.73 Å². The highest BCUT2D eigenvalue weighted by Crippen LogP contribution is 2.35. The van der Waals surface area contributed by atoms with Gasteiger partial charge in [-0.1, -0.05) is 75.1 Å². The van der Waals surface area contributed by atoms with Gasteiger partial charge in [-0.05, 0) is 36.6 Å². The summed E-state index contributed by atoms with van der Waals surface area (Å²) in [5.41, 5.74) is 7.75. The average molecular weight is 320 g/mol. The lowest BCUT2D eigenvalue weighted by atomic mass is 9.77. The van der Waals surface area contributed by atoms with Crippen LogP contribution in [0.2, 0.25) is 0 Å². The van der Waals surface area contributed by atoms with Crippen LogP contribution in [-0.2, 0) is 0 Å². The summed E-state index contributed by atoms with van der Waals surface area (Å²) in [5.74, 6) is 0.417. The Morgan fingerprint density at radius 2 is 1.64 bits per heavy atom. The second-order valence-electron chi connectivity index (χ2n) is 6.79. The molecule has 0 bridgehead atoms. The Hall–Kier alpha value is -1.05. The van der Waals surface area contributed by atoms with Crippen molar-refractivity contribution < 1.29 is 0 Å². The second kappa shape index (κ2) is 8.55.